The Morgan fingerprint density at radius 2 is 2.08 bits per heavy atom. The molecule has 0 saturated carbocycles. The molecule has 1 aromatic carbocycles. The first-order valence-electron chi connectivity index (χ1n) is 8.05. The molecular weight excluding hydrogens is 304 g/mol. The Hall–Kier alpha value is -2.96. The lowest BCUT2D eigenvalue weighted by atomic mass is 10.2. The number of nitrogens with zero attached hydrogens (tertiary/aromatic N) is 5. The third-order valence-corrected chi connectivity index (χ3v) is 4.32. The summed E-state index contributed by atoms with van der Waals surface area (Å²) in [5, 5.41) is 15.5. The normalized spacial score (nSPS) is 14.4. The number of benzene rings is 1. The van der Waals surface area contributed by atoms with Crippen molar-refractivity contribution in [2.24, 2.45) is 0 Å². The highest BCUT2D eigenvalue weighted by Gasteiger charge is 2.19. The molecule has 0 aliphatic carbocycles. The quantitative estimate of drug-likeness (QED) is 0.799. The van der Waals surface area contributed by atoms with Crippen LogP contribution in [0.5, 0.6) is 0 Å². The number of anilines is 1. The van der Waals surface area contributed by atoms with E-state index < -0.39 is 0 Å². The van der Waals surface area contributed by atoms with E-state index in [9.17, 15) is 4.79 Å². The lowest BCUT2D eigenvalue weighted by molar-refractivity contribution is -0.119. The number of hydrogen-bond donors (Lipinski definition) is 1. The summed E-state index contributed by atoms with van der Waals surface area (Å²) in [7, 11) is 0. The van der Waals surface area contributed by atoms with Crippen LogP contribution in [0.2, 0.25) is 0 Å². The molecule has 0 radical (unpaired) electrons. The van der Waals surface area contributed by atoms with Gasteiger partial charge in [0.25, 0.3) is 0 Å². The van der Waals surface area contributed by atoms with Crippen LogP contribution < -0.4 is 5.32 Å². The average Bonchev–Trinajstić information content (AvgIpc) is 3.32. The van der Waals surface area contributed by atoms with E-state index in [1.54, 1.807) is 23.1 Å². The molecule has 7 heteroatoms. The molecule has 2 aromatic heterocycles. The maximum Gasteiger partial charge on any atom is 0.248 e. The van der Waals surface area contributed by atoms with E-state index in [-0.39, 0.29) is 11.9 Å². The molecule has 0 unspecified atom stereocenters. The lowest BCUT2D eigenvalue weighted by Gasteiger charge is -2.13. The van der Waals surface area contributed by atoms with Crippen LogP contribution >= 0.6 is 0 Å². The summed E-state index contributed by atoms with van der Waals surface area (Å²) in [6.07, 6.45) is 5.55. The zero-order chi connectivity index (χ0) is 16.5. The predicted molar refractivity (Wildman–Crippen MR) is 89.3 cm³/mol. The van der Waals surface area contributed by atoms with Gasteiger partial charge in [-0.25, -0.2) is 0 Å². The Morgan fingerprint density at radius 3 is 2.83 bits per heavy atom. The summed E-state index contributed by atoms with van der Waals surface area (Å²) in [6, 6.07) is 9.14. The van der Waals surface area contributed by atoms with E-state index in [0.29, 0.717) is 0 Å². The molecule has 0 fully saturated rings. The van der Waals surface area contributed by atoms with Crippen molar-refractivity contribution < 1.29 is 4.79 Å². The van der Waals surface area contributed by atoms with E-state index in [2.05, 4.69) is 25.2 Å². The summed E-state index contributed by atoms with van der Waals surface area (Å²) in [6.45, 7) is 2.79. The van der Waals surface area contributed by atoms with Crippen LogP contribution in [0.25, 0.3) is 11.4 Å². The van der Waals surface area contributed by atoms with Crippen molar-refractivity contribution in [3.05, 3.63) is 48.5 Å². The predicted octanol–water partition coefficient (Wildman–Crippen LogP) is 2.29. The van der Waals surface area contributed by atoms with Gasteiger partial charge in [0.2, 0.25) is 5.91 Å². The van der Waals surface area contributed by atoms with Gasteiger partial charge in [-0.3, -0.25) is 9.48 Å². The molecule has 1 aliphatic heterocycles. The third kappa shape index (κ3) is 2.58. The fraction of sp³-hybridized carbons (Fsp3) is 0.294. The van der Waals surface area contributed by atoms with Crippen LogP contribution in [0.4, 0.5) is 5.69 Å². The standard InChI is InChI=1S/C17H18N6O/c1-12(23-11-3-9-18-23)17(24)19-14-7-5-13(6-8-14)16-21-20-15-4-2-10-22(15)16/h3,5-9,11-12H,2,4,10H2,1H3,(H,19,24)/t12-/m0/s1. The molecule has 3 aromatic rings. The Bertz CT molecular complexity index is 850. The Kier molecular flexibility index (Phi) is 3.60. The van der Waals surface area contributed by atoms with Crippen molar-refractivity contribution in [3.8, 4) is 11.4 Å². The number of aromatic nitrogens is 5. The Labute approximate surface area is 139 Å². The van der Waals surface area contributed by atoms with E-state index in [0.717, 1.165) is 42.3 Å². The van der Waals surface area contributed by atoms with Gasteiger partial charge in [-0.1, -0.05) is 0 Å². The molecule has 24 heavy (non-hydrogen) atoms. The van der Waals surface area contributed by atoms with Gasteiger partial charge in [-0.15, -0.1) is 10.2 Å². The molecule has 4 rings (SSSR count). The topological polar surface area (TPSA) is 77.6 Å². The Morgan fingerprint density at radius 1 is 1.25 bits per heavy atom. The molecule has 0 bridgehead atoms. The molecule has 0 spiro atoms. The van der Waals surface area contributed by atoms with E-state index in [4.69, 9.17) is 0 Å². The summed E-state index contributed by atoms with van der Waals surface area (Å²) in [4.78, 5) is 12.3. The second-order valence-corrected chi connectivity index (χ2v) is 5.92. The van der Waals surface area contributed by atoms with Gasteiger partial charge in [0.1, 0.15) is 11.9 Å². The van der Waals surface area contributed by atoms with E-state index in [1.807, 2.05) is 31.2 Å². The minimum Gasteiger partial charge on any atom is -0.324 e. The van der Waals surface area contributed by atoms with Crippen molar-refractivity contribution in [3.63, 3.8) is 0 Å². The molecule has 1 atom stereocenters. The number of fused-ring (bicyclic) bond motifs is 1. The SMILES string of the molecule is C[C@@H](C(=O)Nc1ccc(-c2nnc3n2CCC3)cc1)n1cccn1. The largest absolute Gasteiger partial charge is 0.324 e. The van der Waals surface area contributed by atoms with Crippen molar-refractivity contribution in [1.29, 1.82) is 0 Å². The summed E-state index contributed by atoms with van der Waals surface area (Å²) < 4.78 is 3.79. The van der Waals surface area contributed by atoms with Crippen LogP contribution in [0.3, 0.4) is 0 Å². The van der Waals surface area contributed by atoms with Gasteiger partial charge in [0, 0.05) is 36.6 Å². The fourth-order valence-corrected chi connectivity index (χ4v) is 2.94. The smallest absolute Gasteiger partial charge is 0.248 e. The minimum atomic E-state index is -0.362. The van der Waals surface area contributed by atoms with E-state index in [1.165, 1.54) is 0 Å². The average molecular weight is 322 g/mol. The number of amides is 1. The third-order valence-electron chi connectivity index (χ3n) is 4.32. The number of hydrogen-bond acceptors (Lipinski definition) is 4. The highest BCUT2D eigenvalue weighted by atomic mass is 16.2. The number of carbonyl (C=O) groups is 1. The number of carbonyl (C=O) groups excluding carboxylic acids is 1. The van der Waals surface area contributed by atoms with Gasteiger partial charge in [0.05, 0.1) is 0 Å². The molecule has 3 heterocycles. The fourth-order valence-electron chi connectivity index (χ4n) is 2.94. The second-order valence-electron chi connectivity index (χ2n) is 5.92. The molecular formula is C17H18N6O. The molecule has 1 N–H and O–H groups in total. The van der Waals surface area contributed by atoms with Gasteiger partial charge >= 0.3 is 0 Å². The summed E-state index contributed by atoms with van der Waals surface area (Å²) in [5.74, 6) is 1.84. The van der Waals surface area contributed by atoms with Crippen molar-refractivity contribution in [1.82, 2.24) is 24.5 Å². The van der Waals surface area contributed by atoms with Crippen LogP contribution in [-0.2, 0) is 17.8 Å². The molecule has 7 nitrogen and oxygen atoms in total. The zero-order valence-corrected chi connectivity index (χ0v) is 13.4. The minimum absolute atomic E-state index is 0.102. The Balaban J connectivity index is 1.49. The zero-order valence-electron chi connectivity index (χ0n) is 13.4. The monoisotopic (exact) mass is 322 g/mol. The molecule has 1 amide bonds. The number of rotatable bonds is 4. The number of aryl methyl sites for hydroxylation is 1. The molecule has 1 aliphatic rings. The first-order valence-corrected chi connectivity index (χ1v) is 8.05. The highest BCUT2D eigenvalue weighted by molar-refractivity contribution is 5.93. The van der Waals surface area contributed by atoms with Crippen LogP contribution in [-0.4, -0.2) is 30.5 Å². The lowest BCUT2D eigenvalue weighted by Crippen LogP contribution is -2.23. The van der Waals surface area contributed by atoms with Gasteiger partial charge in [0.15, 0.2) is 5.82 Å². The van der Waals surface area contributed by atoms with Gasteiger partial charge in [-0.2, -0.15) is 5.10 Å². The second kappa shape index (κ2) is 5.92. The maximum atomic E-state index is 12.3. The van der Waals surface area contributed by atoms with Gasteiger partial charge < -0.3 is 9.88 Å². The van der Waals surface area contributed by atoms with Gasteiger partial charge in [-0.05, 0) is 43.7 Å². The maximum absolute atomic E-state index is 12.3. The van der Waals surface area contributed by atoms with Crippen molar-refractivity contribution in [2.75, 3.05) is 5.32 Å². The van der Waals surface area contributed by atoms with E-state index >= 15 is 0 Å². The van der Waals surface area contributed by atoms with Crippen molar-refractivity contribution in [2.45, 2.75) is 32.4 Å². The van der Waals surface area contributed by atoms with Crippen LogP contribution in [0, 0.1) is 0 Å². The van der Waals surface area contributed by atoms with Crippen molar-refractivity contribution >= 4 is 11.6 Å². The first kappa shape index (κ1) is 14.6. The molecule has 0 saturated heterocycles. The first-order chi connectivity index (χ1) is 11.7. The summed E-state index contributed by atoms with van der Waals surface area (Å²) in [5.41, 5.74) is 1.76. The highest BCUT2D eigenvalue weighted by Crippen LogP contribution is 2.24. The van der Waals surface area contributed by atoms with Crippen LogP contribution in [0.1, 0.15) is 25.2 Å². The van der Waals surface area contributed by atoms with Crippen LogP contribution in [0.15, 0.2) is 42.7 Å². The number of nitrogens with one attached hydrogen (secondary N) is 1. The molecule has 122 valence electrons. The summed E-state index contributed by atoms with van der Waals surface area (Å²) >= 11 is 0.